The average Bonchev–Trinajstić information content (AvgIpc) is 3.01. The molecule has 2 N–H and O–H groups in total. The zero-order valence-electron chi connectivity index (χ0n) is 10.6. The van der Waals surface area contributed by atoms with Gasteiger partial charge in [0.05, 0.1) is 5.69 Å². The van der Waals surface area contributed by atoms with Crippen LogP contribution in [0.1, 0.15) is 19.3 Å². The highest BCUT2D eigenvalue weighted by Crippen LogP contribution is 2.27. The molecule has 0 unspecified atom stereocenters. The number of nitrogens with zero attached hydrogens (tertiary/aromatic N) is 2. The van der Waals surface area contributed by atoms with E-state index in [9.17, 15) is 4.39 Å². The van der Waals surface area contributed by atoms with Gasteiger partial charge in [-0.2, -0.15) is 0 Å². The molecule has 2 aliphatic rings. The summed E-state index contributed by atoms with van der Waals surface area (Å²) in [6.45, 7) is 4.50. The number of halogens is 1. The molecule has 98 valence electrons. The van der Waals surface area contributed by atoms with E-state index in [2.05, 4.69) is 9.80 Å². The number of hydrogen-bond acceptors (Lipinski definition) is 3. The Morgan fingerprint density at radius 3 is 2.67 bits per heavy atom. The molecule has 0 amide bonds. The molecule has 0 spiro atoms. The lowest BCUT2D eigenvalue weighted by Crippen LogP contribution is -2.35. The third-order valence-electron chi connectivity index (χ3n) is 4.17. The normalized spacial score (nSPS) is 24.9. The monoisotopic (exact) mass is 249 g/mol. The maximum atomic E-state index is 13.5. The van der Waals surface area contributed by atoms with Gasteiger partial charge in [-0.05, 0) is 50.6 Å². The molecule has 0 aromatic heterocycles. The fraction of sp³-hybridized carbons (Fsp3) is 0.571. The smallest absolute Gasteiger partial charge is 0.148 e. The van der Waals surface area contributed by atoms with Crippen molar-refractivity contribution in [1.29, 1.82) is 0 Å². The number of rotatable bonds is 2. The van der Waals surface area contributed by atoms with Gasteiger partial charge < -0.3 is 10.6 Å². The van der Waals surface area contributed by atoms with Gasteiger partial charge in [0.25, 0.3) is 0 Å². The predicted octanol–water partition coefficient (Wildman–Crippen LogP) is 2.08. The summed E-state index contributed by atoms with van der Waals surface area (Å²) < 4.78 is 13.5. The summed E-state index contributed by atoms with van der Waals surface area (Å²) in [6.07, 6.45) is 3.84. The first-order chi connectivity index (χ1) is 8.74. The Balaban J connectivity index is 1.69. The van der Waals surface area contributed by atoms with Gasteiger partial charge in [-0.1, -0.05) is 0 Å². The second-order valence-corrected chi connectivity index (χ2v) is 5.34. The minimum atomic E-state index is -0.308. The summed E-state index contributed by atoms with van der Waals surface area (Å²) in [5, 5.41) is 0. The van der Waals surface area contributed by atoms with Crippen molar-refractivity contribution in [2.75, 3.05) is 36.8 Å². The predicted molar refractivity (Wildman–Crippen MR) is 72.2 cm³/mol. The van der Waals surface area contributed by atoms with E-state index >= 15 is 0 Å². The van der Waals surface area contributed by atoms with Crippen LogP contribution in [0.15, 0.2) is 18.2 Å². The molecular weight excluding hydrogens is 229 g/mol. The summed E-state index contributed by atoms with van der Waals surface area (Å²) in [6, 6.07) is 5.79. The van der Waals surface area contributed by atoms with Gasteiger partial charge in [-0.25, -0.2) is 4.39 Å². The number of nitrogen functional groups attached to an aromatic ring is 1. The Morgan fingerprint density at radius 1 is 1.17 bits per heavy atom. The van der Waals surface area contributed by atoms with Crippen LogP contribution >= 0.6 is 0 Å². The lowest BCUT2D eigenvalue weighted by molar-refractivity contribution is 0.260. The van der Waals surface area contributed by atoms with Crippen molar-refractivity contribution in [1.82, 2.24) is 4.90 Å². The van der Waals surface area contributed by atoms with E-state index in [1.165, 1.54) is 32.4 Å². The number of benzene rings is 1. The van der Waals surface area contributed by atoms with E-state index in [1.807, 2.05) is 6.07 Å². The Kier molecular flexibility index (Phi) is 3.12. The van der Waals surface area contributed by atoms with Gasteiger partial charge in [-0.3, -0.25) is 4.90 Å². The van der Waals surface area contributed by atoms with Gasteiger partial charge >= 0.3 is 0 Å². The Hall–Kier alpha value is -1.29. The van der Waals surface area contributed by atoms with Crippen LogP contribution in [-0.2, 0) is 0 Å². The maximum Gasteiger partial charge on any atom is 0.148 e. The molecule has 18 heavy (non-hydrogen) atoms. The summed E-state index contributed by atoms with van der Waals surface area (Å²) >= 11 is 0. The van der Waals surface area contributed by atoms with E-state index in [-0.39, 0.29) is 11.5 Å². The van der Waals surface area contributed by atoms with Crippen LogP contribution in [0.4, 0.5) is 15.8 Å². The molecule has 1 atom stereocenters. The zero-order valence-corrected chi connectivity index (χ0v) is 10.6. The van der Waals surface area contributed by atoms with Crippen molar-refractivity contribution < 1.29 is 4.39 Å². The first-order valence-electron chi connectivity index (χ1n) is 6.78. The Morgan fingerprint density at radius 2 is 1.94 bits per heavy atom. The molecule has 3 nitrogen and oxygen atoms in total. The van der Waals surface area contributed by atoms with Crippen LogP contribution in [-0.4, -0.2) is 37.1 Å². The quantitative estimate of drug-likeness (QED) is 0.815. The molecule has 0 bridgehead atoms. The van der Waals surface area contributed by atoms with Gasteiger partial charge in [-0.15, -0.1) is 0 Å². The lowest BCUT2D eigenvalue weighted by Gasteiger charge is -2.24. The molecule has 1 aromatic carbocycles. The van der Waals surface area contributed by atoms with Gasteiger partial charge in [0.15, 0.2) is 0 Å². The van der Waals surface area contributed by atoms with Crippen molar-refractivity contribution in [3.05, 3.63) is 24.0 Å². The molecular formula is C14H20FN3. The van der Waals surface area contributed by atoms with Gasteiger partial charge in [0.2, 0.25) is 0 Å². The molecule has 1 aromatic rings. The first-order valence-corrected chi connectivity index (χ1v) is 6.78. The number of nitrogens with two attached hydrogens (primary N) is 1. The second-order valence-electron chi connectivity index (χ2n) is 5.34. The van der Waals surface area contributed by atoms with Crippen LogP contribution in [0.25, 0.3) is 0 Å². The SMILES string of the molecule is Nc1ccc(N2CC[C@@H](N3CCCC3)C2)cc1F. The molecule has 2 saturated heterocycles. The molecule has 2 heterocycles. The van der Waals surface area contributed by atoms with E-state index in [0.717, 1.165) is 18.8 Å². The van der Waals surface area contributed by atoms with Crippen molar-refractivity contribution in [2.24, 2.45) is 0 Å². The fourth-order valence-electron chi connectivity index (χ4n) is 3.09. The van der Waals surface area contributed by atoms with Gasteiger partial charge in [0.1, 0.15) is 5.82 Å². The van der Waals surface area contributed by atoms with Crippen LogP contribution in [0.3, 0.4) is 0 Å². The molecule has 0 radical (unpaired) electrons. The molecule has 0 saturated carbocycles. The molecule has 0 aliphatic carbocycles. The standard InChI is InChI=1S/C14H20FN3/c15-13-9-11(3-4-14(13)16)18-8-5-12(10-18)17-6-1-2-7-17/h3-4,9,12H,1-2,5-8,10,16H2/t12-/m1/s1. The minimum absolute atomic E-state index is 0.231. The molecule has 2 fully saturated rings. The molecule has 4 heteroatoms. The summed E-state index contributed by atoms with van der Waals surface area (Å²) in [5.74, 6) is -0.308. The van der Waals surface area contributed by atoms with E-state index < -0.39 is 0 Å². The van der Waals surface area contributed by atoms with Crippen molar-refractivity contribution >= 4 is 11.4 Å². The zero-order chi connectivity index (χ0) is 12.5. The summed E-state index contributed by atoms with van der Waals surface area (Å²) in [7, 11) is 0. The fourth-order valence-corrected chi connectivity index (χ4v) is 3.09. The number of hydrogen-bond donors (Lipinski definition) is 1. The average molecular weight is 249 g/mol. The van der Waals surface area contributed by atoms with Crippen LogP contribution in [0, 0.1) is 5.82 Å². The summed E-state index contributed by atoms with van der Waals surface area (Å²) in [4.78, 5) is 4.85. The van der Waals surface area contributed by atoms with Crippen molar-refractivity contribution in [3.8, 4) is 0 Å². The minimum Gasteiger partial charge on any atom is -0.396 e. The number of likely N-dealkylation sites (tertiary alicyclic amines) is 1. The maximum absolute atomic E-state index is 13.5. The van der Waals surface area contributed by atoms with Crippen LogP contribution < -0.4 is 10.6 Å². The van der Waals surface area contributed by atoms with Gasteiger partial charge in [0, 0.05) is 24.8 Å². The third-order valence-corrected chi connectivity index (χ3v) is 4.17. The van der Waals surface area contributed by atoms with Crippen LogP contribution in [0.5, 0.6) is 0 Å². The summed E-state index contributed by atoms with van der Waals surface area (Å²) in [5.41, 5.74) is 6.70. The van der Waals surface area contributed by atoms with E-state index in [1.54, 1.807) is 12.1 Å². The van der Waals surface area contributed by atoms with E-state index in [4.69, 9.17) is 5.73 Å². The highest BCUT2D eigenvalue weighted by atomic mass is 19.1. The van der Waals surface area contributed by atoms with Crippen LogP contribution in [0.2, 0.25) is 0 Å². The lowest BCUT2D eigenvalue weighted by atomic mass is 10.2. The number of anilines is 2. The Bertz CT molecular complexity index is 429. The Labute approximate surface area is 107 Å². The second kappa shape index (κ2) is 4.76. The highest BCUT2D eigenvalue weighted by Gasteiger charge is 2.29. The van der Waals surface area contributed by atoms with E-state index in [0.29, 0.717) is 6.04 Å². The topological polar surface area (TPSA) is 32.5 Å². The highest BCUT2D eigenvalue weighted by molar-refractivity contribution is 5.54. The van der Waals surface area contributed by atoms with Crippen molar-refractivity contribution in [2.45, 2.75) is 25.3 Å². The largest absolute Gasteiger partial charge is 0.396 e. The molecule has 3 rings (SSSR count). The van der Waals surface area contributed by atoms with Crippen molar-refractivity contribution in [3.63, 3.8) is 0 Å². The third kappa shape index (κ3) is 2.17. The molecule has 2 aliphatic heterocycles. The first kappa shape index (κ1) is 11.8.